The number of anilines is 1. The summed E-state index contributed by atoms with van der Waals surface area (Å²) in [7, 11) is 4.03. The smallest absolute Gasteiger partial charge is 0.230 e. The van der Waals surface area contributed by atoms with Gasteiger partial charge in [-0.05, 0) is 25.0 Å². The van der Waals surface area contributed by atoms with Crippen molar-refractivity contribution in [1.29, 1.82) is 0 Å². The van der Waals surface area contributed by atoms with Crippen LogP contribution in [-0.4, -0.2) is 46.6 Å². The molecule has 0 bridgehead atoms. The standard InChI is InChI=1S/C22H31N5OS/c1-4-14-27-21(17-10-9-13-19(15-17)26(2)3)24-25-22(27)29-16-20(28)23-18-11-7-5-6-8-12-18/h4,9-10,13,15,18H,1,5-8,11-12,14,16H2,2-3H3,(H,23,28). The molecule has 0 unspecified atom stereocenters. The number of nitrogens with zero attached hydrogens (tertiary/aromatic N) is 4. The Morgan fingerprint density at radius 2 is 2.03 bits per heavy atom. The Bertz CT molecular complexity index is 824. The minimum absolute atomic E-state index is 0.0752. The van der Waals surface area contributed by atoms with Gasteiger partial charge in [0.2, 0.25) is 5.91 Å². The second kappa shape index (κ2) is 10.5. The highest BCUT2D eigenvalue weighted by molar-refractivity contribution is 7.99. The molecule has 29 heavy (non-hydrogen) atoms. The normalized spacial score (nSPS) is 15.0. The van der Waals surface area contributed by atoms with Crippen LogP contribution in [-0.2, 0) is 11.3 Å². The zero-order valence-corrected chi connectivity index (χ0v) is 18.2. The maximum atomic E-state index is 12.4. The van der Waals surface area contributed by atoms with Gasteiger partial charge < -0.3 is 10.2 Å². The lowest BCUT2D eigenvalue weighted by molar-refractivity contribution is -0.119. The van der Waals surface area contributed by atoms with Crippen LogP contribution in [0.1, 0.15) is 38.5 Å². The molecule has 1 aliphatic rings. The first-order valence-electron chi connectivity index (χ1n) is 10.3. The number of aromatic nitrogens is 3. The van der Waals surface area contributed by atoms with Crippen LogP contribution in [0, 0.1) is 0 Å². The van der Waals surface area contributed by atoms with E-state index < -0.39 is 0 Å². The number of hydrogen-bond acceptors (Lipinski definition) is 5. The summed E-state index contributed by atoms with van der Waals surface area (Å²) in [4.78, 5) is 14.5. The third-order valence-electron chi connectivity index (χ3n) is 5.20. The van der Waals surface area contributed by atoms with Crippen molar-refractivity contribution in [3.8, 4) is 11.4 Å². The van der Waals surface area contributed by atoms with Gasteiger partial charge >= 0.3 is 0 Å². The second-order valence-corrected chi connectivity index (χ2v) is 8.64. The van der Waals surface area contributed by atoms with Crippen LogP contribution in [0.3, 0.4) is 0 Å². The molecule has 1 amide bonds. The van der Waals surface area contributed by atoms with E-state index in [0.717, 1.165) is 35.1 Å². The molecule has 0 atom stereocenters. The summed E-state index contributed by atoms with van der Waals surface area (Å²) in [6.45, 7) is 4.46. The monoisotopic (exact) mass is 413 g/mol. The molecule has 1 aromatic carbocycles. The van der Waals surface area contributed by atoms with Crippen LogP contribution in [0.2, 0.25) is 0 Å². The Morgan fingerprint density at radius 3 is 2.72 bits per heavy atom. The molecular formula is C22H31N5OS. The van der Waals surface area contributed by atoms with E-state index >= 15 is 0 Å². The van der Waals surface area contributed by atoms with E-state index in [9.17, 15) is 4.79 Å². The second-order valence-electron chi connectivity index (χ2n) is 7.69. The van der Waals surface area contributed by atoms with Crippen LogP contribution in [0.25, 0.3) is 11.4 Å². The number of benzene rings is 1. The van der Waals surface area contributed by atoms with Gasteiger partial charge in [-0.3, -0.25) is 9.36 Å². The zero-order chi connectivity index (χ0) is 20.6. The fourth-order valence-corrected chi connectivity index (χ4v) is 4.41. The summed E-state index contributed by atoms with van der Waals surface area (Å²) < 4.78 is 2.02. The van der Waals surface area contributed by atoms with Crippen molar-refractivity contribution in [2.45, 2.75) is 56.3 Å². The summed E-state index contributed by atoms with van der Waals surface area (Å²) in [5.74, 6) is 1.22. The van der Waals surface area contributed by atoms with E-state index in [2.05, 4.69) is 39.1 Å². The van der Waals surface area contributed by atoms with Crippen molar-refractivity contribution in [2.75, 3.05) is 24.7 Å². The molecule has 2 aromatic rings. The van der Waals surface area contributed by atoms with Crippen molar-refractivity contribution < 1.29 is 4.79 Å². The molecule has 3 rings (SSSR count). The Labute approximate surface area is 177 Å². The summed E-state index contributed by atoms with van der Waals surface area (Å²) in [6, 6.07) is 8.53. The van der Waals surface area contributed by atoms with Gasteiger partial charge in [0.25, 0.3) is 0 Å². The molecule has 1 heterocycles. The van der Waals surface area contributed by atoms with Gasteiger partial charge in [-0.25, -0.2) is 0 Å². The predicted molar refractivity (Wildman–Crippen MR) is 120 cm³/mol. The highest BCUT2D eigenvalue weighted by atomic mass is 32.2. The molecule has 0 saturated heterocycles. The van der Waals surface area contributed by atoms with Crippen molar-refractivity contribution in [2.24, 2.45) is 0 Å². The Hall–Kier alpha value is -2.28. The van der Waals surface area contributed by atoms with Crippen molar-refractivity contribution >= 4 is 23.4 Å². The van der Waals surface area contributed by atoms with E-state index in [1.54, 1.807) is 0 Å². The number of nitrogens with one attached hydrogen (secondary N) is 1. The lowest BCUT2D eigenvalue weighted by Crippen LogP contribution is -2.35. The Balaban J connectivity index is 1.69. The van der Waals surface area contributed by atoms with Gasteiger partial charge in [-0.1, -0.05) is 55.7 Å². The summed E-state index contributed by atoms with van der Waals surface area (Å²) in [5.41, 5.74) is 2.10. The van der Waals surface area contributed by atoms with Gasteiger partial charge in [-0.15, -0.1) is 16.8 Å². The van der Waals surface area contributed by atoms with Crippen molar-refractivity contribution in [3.63, 3.8) is 0 Å². The average Bonchev–Trinajstić information content (AvgIpc) is 2.93. The Kier molecular flexibility index (Phi) is 7.75. The topological polar surface area (TPSA) is 63.1 Å². The summed E-state index contributed by atoms with van der Waals surface area (Å²) in [5, 5.41) is 12.7. The van der Waals surface area contributed by atoms with Crippen LogP contribution < -0.4 is 10.2 Å². The maximum Gasteiger partial charge on any atom is 0.230 e. The van der Waals surface area contributed by atoms with Crippen molar-refractivity contribution in [1.82, 2.24) is 20.1 Å². The molecule has 1 N–H and O–H groups in total. The molecular weight excluding hydrogens is 382 g/mol. The van der Waals surface area contributed by atoms with Gasteiger partial charge in [0.15, 0.2) is 11.0 Å². The molecule has 1 aromatic heterocycles. The van der Waals surface area contributed by atoms with Crippen LogP contribution in [0.4, 0.5) is 5.69 Å². The number of thioether (sulfide) groups is 1. The number of hydrogen-bond donors (Lipinski definition) is 1. The number of amides is 1. The highest BCUT2D eigenvalue weighted by Crippen LogP contribution is 2.27. The first-order valence-corrected chi connectivity index (χ1v) is 11.3. The molecule has 1 saturated carbocycles. The molecule has 6 nitrogen and oxygen atoms in total. The zero-order valence-electron chi connectivity index (χ0n) is 17.4. The fraction of sp³-hybridized carbons (Fsp3) is 0.500. The summed E-state index contributed by atoms with van der Waals surface area (Å²) >= 11 is 1.43. The van der Waals surface area contributed by atoms with Crippen LogP contribution in [0.5, 0.6) is 0 Å². The molecule has 1 aliphatic carbocycles. The van der Waals surface area contributed by atoms with Crippen molar-refractivity contribution in [3.05, 3.63) is 36.9 Å². The van der Waals surface area contributed by atoms with Gasteiger partial charge in [0, 0.05) is 37.9 Å². The van der Waals surface area contributed by atoms with Gasteiger partial charge in [-0.2, -0.15) is 0 Å². The SMILES string of the molecule is C=CCn1c(SCC(=O)NC2CCCCCC2)nnc1-c1cccc(N(C)C)c1. The molecule has 156 valence electrons. The first kappa shape index (κ1) is 21.4. The molecule has 0 radical (unpaired) electrons. The quantitative estimate of drug-likeness (QED) is 0.401. The molecule has 0 spiro atoms. The van der Waals surface area contributed by atoms with Crippen LogP contribution in [0.15, 0.2) is 42.1 Å². The van der Waals surface area contributed by atoms with E-state index in [0.29, 0.717) is 18.3 Å². The molecule has 0 aliphatic heterocycles. The summed E-state index contributed by atoms with van der Waals surface area (Å²) in [6.07, 6.45) is 9.00. The maximum absolute atomic E-state index is 12.4. The predicted octanol–water partition coefficient (Wildman–Crippen LogP) is 4.13. The Morgan fingerprint density at radius 1 is 1.28 bits per heavy atom. The highest BCUT2D eigenvalue weighted by Gasteiger charge is 2.18. The van der Waals surface area contributed by atoms with E-state index in [1.807, 2.05) is 36.9 Å². The molecule has 1 fully saturated rings. The number of rotatable bonds is 8. The number of carbonyl (C=O) groups is 1. The third-order valence-corrected chi connectivity index (χ3v) is 6.17. The van der Waals surface area contributed by atoms with E-state index in [1.165, 1.54) is 37.4 Å². The van der Waals surface area contributed by atoms with Gasteiger partial charge in [0.1, 0.15) is 0 Å². The minimum Gasteiger partial charge on any atom is -0.378 e. The third kappa shape index (κ3) is 5.85. The van der Waals surface area contributed by atoms with Crippen LogP contribution >= 0.6 is 11.8 Å². The van der Waals surface area contributed by atoms with E-state index in [4.69, 9.17) is 0 Å². The molecule has 7 heteroatoms. The largest absolute Gasteiger partial charge is 0.378 e. The van der Waals surface area contributed by atoms with Gasteiger partial charge in [0.05, 0.1) is 5.75 Å². The first-order chi connectivity index (χ1) is 14.1. The fourth-order valence-electron chi connectivity index (χ4n) is 3.65. The number of allylic oxidation sites excluding steroid dienone is 1. The number of carbonyl (C=O) groups excluding carboxylic acids is 1. The lowest BCUT2D eigenvalue weighted by atomic mass is 10.1. The average molecular weight is 414 g/mol. The lowest BCUT2D eigenvalue weighted by Gasteiger charge is -2.16. The van der Waals surface area contributed by atoms with E-state index in [-0.39, 0.29) is 5.91 Å². The minimum atomic E-state index is 0.0752.